The smallest absolute Gasteiger partial charge is 0.304 e. The van der Waals surface area contributed by atoms with Gasteiger partial charge in [-0.3, -0.25) is 4.79 Å². The summed E-state index contributed by atoms with van der Waals surface area (Å²) in [6.45, 7) is 5.02. The Morgan fingerprint density at radius 3 is 2.45 bits per heavy atom. The summed E-state index contributed by atoms with van der Waals surface area (Å²) in [4.78, 5) is 10.5. The molecule has 0 aromatic carbocycles. The first kappa shape index (κ1) is 9.77. The van der Waals surface area contributed by atoms with Crippen molar-refractivity contribution in [3.63, 3.8) is 0 Å². The summed E-state index contributed by atoms with van der Waals surface area (Å²) in [6.07, 6.45) is 6.45. The highest BCUT2D eigenvalue weighted by molar-refractivity contribution is 5.66. The van der Waals surface area contributed by atoms with E-state index in [4.69, 9.17) is 11.2 Å². The average Bonchev–Trinajstić information content (AvgIpc) is 1.98. The minimum absolute atomic E-state index is 0.353. The molecule has 0 aromatic heterocycles. The van der Waals surface area contributed by atoms with E-state index in [0.717, 1.165) is 5.57 Å². The number of carbonyl (C=O) groups excluding carboxylic acids is 1. The van der Waals surface area contributed by atoms with Gasteiger partial charge in [-0.05, 0) is 19.4 Å². The van der Waals surface area contributed by atoms with Crippen LogP contribution in [0.4, 0.5) is 0 Å². The summed E-state index contributed by atoms with van der Waals surface area (Å²) in [5.41, 5.74) is 0.878. The Morgan fingerprint density at radius 2 is 2.18 bits per heavy atom. The van der Waals surface area contributed by atoms with Gasteiger partial charge in [0.05, 0.1) is 0 Å². The number of terminal acetylenes is 1. The van der Waals surface area contributed by atoms with E-state index >= 15 is 0 Å². The average molecular weight is 152 g/mol. The van der Waals surface area contributed by atoms with Crippen LogP contribution in [0.5, 0.6) is 0 Å². The molecule has 0 aliphatic rings. The van der Waals surface area contributed by atoms with Gasteiger partial charge in [-0.15, -0.1) is 6.42 Å². The zero-order chi connectivity index (χ0) is 8.85. The fraction of sp³-hybridized carbons (Fsp3) is 0.444. The molecule has 0 rings (SSSR count). The van der Waals surface area contributed by atoms with E-state index in [-0.39, 0.29) is 5.97 Å². The number of rotatable bonds is 2. The van der Waals surface area contributed by atoms with Crippen molar-refractivity contribution in [2.75, 3.05) is 0 Å². The van der Waals surface area contributed by atoms with Gasteiger partial charge >= 0.3 is 5.97 Å². The first-order chi connectivity index (χ1) is 5.11. The molecule has 0 bridgehead atoms. The molecular weight excluding hydrogens is 140 g/mol. The third kappa shape index (κ3) is 3.47. The molecule has 0 saturated carbocycles. The van der Waals surface area contributed by atoms with Gasteiger partial charge in [-0.1, -0.05) is 12.0 Å². The van der Waals surface area contributed by atoms with Crippen molar-refractivity contribution >= 4 is 5.97 Å². The lowest BCUT2D eigenvalue weighted by molar-refractivity contribution is -0.142. The first-order valence-corrected chi connectivity index (χ1v) is 3.38. The SMILES string of the molecule is C#C[C@H](OC(C)=O)/C(C)=C/C. The number of hydrogen-bond acceptors (Lipinski definition) is 2. The van der Waals surface area contributed by atoms with Crippen molar-refractivity contribution in [1.82, 2.24) is 0 Å². The normalized spacial score (nSPS) is 13.5. The summed E-state index contributed by atoms with van der Waals surface area (Å²) in [7, 11) is 0. The van der Waals surface area contributed by atoms with E-state index in [0.29, 0.717) is 0 Å². The minimum Gasteiger partial charge on any atom is -0.445 e. The zero-order valence-corrected chi connectivity index (χ0v) is 7.05. The fourth-order valence-electron chi connectivity index (χ4n) is 0.576. The molecule has 1 atom stereocenters. The van der Waals surface area contributed by atoms with Crippen LogP contribution in [0.3, 0.4) is 0 Å². The van der Waals surface area contributed by atoms with E-state index in [2.05, 4.69) is 5.92 Å². The van der Waals surface area contributed by atoms with Crippen LogP contribution in [0.1, 0.15) is 20.8 Å². The van der Waals surface area contributed by atoms with Crippen molar-refractivity contribution in [2.45, 2.75) is 26.9 Å². The standard InChI is InChI=1S/C9H12O2/c1-5-7(3)9(6-2)11-8(4)10/h2,5,9H,1,3-4H3/b7-5+/t9-/m0/s1. The zero-order valence-electron chi connectivity index (χ0n) is 7.05. The van der Waals surface area contributed by atoms with Crippen LogP contribution in [-0.4, -0.2) is 12.1 Å². The summed E-state index contributed by atoms with van der Waals surface area (Å²) in [5.74, 6) is 2.02. The van der Waals surface area contributed by atoms with E-state index in [9.17, 15) is 4.79 Å². The molecule has 0 heterocycles. The second-order valence-corrected chi connectivity index (χ2v) is 2.19. The van der Waals surface area contributed by atoms with Gasteiger partial charge < -0.3 is 4.74 Å². The molecule has 0 aromatic rings. The lowest BCUT2D eigenvalue weighted by atomic mass is 10.2. The molecule has 60 valence electrons. The molecule has 2 nitrogen and oxygen atoms in total. The third-order valence-electron chi connectivity index (χ3n) is 1.30. The molecule has 0 N–H and O–H groups in total. The first-order valence-electron chi connectivity index (χ1n) is 3.38. The van der Waals surface area contributed by atoms with E-state index in [1.54, 1.807) is 0 Å². The van der Waals surface area contributed by atoms with Crippen LogP contribution < -0.4 is 0 Å². The second kappa shape index (κ2) is 4.56. The molecule has 0 aliphatic carbocycles. The number of carbonyl (C=O) groups is 1. The lowest BCUT2D eigenvalue weighted by Gasteiger charge is -2.10. The summed E-state index contributed by atoms with van der Waals surface area (Å²) < 4.78 is 4.81. The van der Waals surface area contributed by atoms with Gasteiger partial charge in [-0.2, -0.15) is 0 Å². The van der Waals surface area contributed by atoms with Gasteiger partial charge in [0.25, 0.3) is 0 Å². The Hall–Kier alpha value is -1.23. The van der Waals surface area contributed by atoms with Crippen molar-refractivity contribution in [3.8, 4) is 12.3 Å². The second-order valence-electron chi connectivity index (χ2n) is 2.19. The highest BCUT2D eigenvalue weighted by Gasteiger charge is 2.08. The Morgan fingerprint density at radius 1 is 1.64 bits per heavy atom. The molecule has 0 saturated heterocycles. The number of ether oxygens (including phenoxy) is 1. The predicted molar refractivity (Wildman–Crippen MR) is 43.8 cm³/mol. The van der Waals surface area contributed by atoms with Gasteiger partial charge in [0.15, 0.2) is 6.10 Å². The monoisotopic (exact) mass is 152 g/mol. The summed E-state index contributed by atoms with van der Waals surface area (Å²) in [6, 6.07) is 0. The molecule has 0 aliphatic heterocycles. The minimum atomic E-state index is -0.502. The summed E-state index contributed by atoms with van der Waals surface area (Å²) >= 11 is 0. The fourth-order valence-corrected chi connectivity index (χ4v) is 0.576. The maximum absolute atomic E-state index is 10.5. The Balaban J connectivity index is 4.21. The maximum Gasteiger partial charge on any atom is 0.304 e. The van der Waals surface area contributed by atoms with Crippen LogP contribution >= 0.6 is 0 Å². The maximum atomic E-state index is 10.5. The largest absolute Gasteiger partial charge is 0.445 e. The van der Waals surface area contributed by atoms with Crippen molar-refractivity contribution in [3.05, 3.63) is 11.6 Å². The van der Waals surface area contributed by atoms with Crippen molar-refractivity contribution in [1.29, 1.82) is 0 Å². The van der Waals surface area contributed by atoms with E-state index in [1.165, 1.54) is 6.92 Å². The van der Waals surface area contributed by atoms with E-state index in [1.807, 2.05) is 19.9 Å². The van der Waals surface area contributed by atoms with Crippen LogP contribution in [0.2, 0.25) is 0 Å². The highest BCUT2D eigenvalue weighted by Crippen LogP contribution is 2.04. The van der Waals surface area contributed by atoms with Gasteiger partial charge in [-0.25, -0.2) is 0 Å². The highest BCUT2D eigenvalue weighted by atomic mass is 16.5. The van der Waals surface area contributed by atoms with Crippen LogP contribution in [-0.2, 0) is 9.53 Å². The van der Waals surface area contributed by atoms with Crippen molar-refractivity contribution in [2.24, 2.45) is 0 Å². The van der Waals surface area contributed by atoms with Gasteiger partial charge in [0.1, 0.15) is 0 Å². The molecule has 0 spiro atoms. The van der Waals surface area contributed by atoms with Gasteiger partial charge in [0.2, 0.25) is 0 Å². The molecule has 11 heavy (non-hydrogen) atoms. The van der Waals surface area contributed by atoms with E-state index < -0.39 is 6.10 Å². The third-order valence-corrected chi connectivity index (χ3v) is 1.30. The molecule has 0 unspecified atom stereocenters. The number of esters is 1. The Bertz CT molecular complexity index is 208. The van der Waals surface area contributed by atoms with Crippen LogP contribution in [0.25, 0.3) is 0 Å². The molecule has 0 radical (unpaired) electrons. The summed E-state index contributed by atoms with van der Waals surface area (Å²) in [5, 5.41) is 0. The predicted octanol–water partition coefficient (Wildman–Crippen LogP) is 1.52. The number of hydrogen-bond donors (Lipinski definition) is 0. The Kier molecular flexibility index (Phi) is 4.05. The van der Waals surface area contributed by atoms with Crippen LogP contribution in [0.15, 0.2) is 11.6 Å². The molecular formula is C9H12O2. The van der Waals surface area contributed by atoms with Gasteiger partial charge in [0, 0.05) is 6.92 Å². The number of allylic oxidation sites excluding steroid dienone is 1. The lowest BCUT2D eigenvalue weighted by Crippen LogP contribution is -2.14. The quantitative estimate of drug-likeness (QED) is 0.340. The molecule has 2 heteroatoms. The van der Waals surface area contributed by atoms with Crippen molar-refractivity contribution < 1.29 is 9.53 Å². The topological polar surface area (TPSA) is 26.3 Å². The molecule has 0 fully saturated rings. The van der Waals surface area contributed by atoms with Crippen LogP contribution in [0, 0.1) is 12.3 Å². The molecule has 0 amide bonds. The Labute approximate surface area is 67.2 Å².